The standard InChI is InChI=1S/C15H19NO7/c1-15(16(18)19)11(17)14(20-2)22-10-8-21-13(23-12(10)15)9-6-4-3-5-7-9/h3-7,10-14,17H,8H2,1-2H3/t10-,11+,12-,13-,14+,15-/m1/s1. The van der Waals surface area contributed by atoms with Crippen LogP contribution in [0.1, 0.15) is 18.8 Å². The molecule has 2 aliphatic heterocycles. The van der Waals surface area contributed by atoms with E-state index in [1.54, 1.807) is 0 Å². The maximum absolute atomic E-state index is 11.7. The first-order valence-electron chi connectivity index (χ1n) is 7.31. The van der Waals surface area contributed by atoms with E-state index in [-0.39, 0.29) is 6.61 Å². The number of hydrogen-bond acceptors (Lipinski definition) is 7. The van der Waals surface area contributed by atoms with Gasteiger partial charge in [-0.3, -0.25) is 10.1 Å². The second kappa shape index (κ2) is 6.14. The molecule has 0 saturated carbocycles. The molecule has 0 aromatic heterocycles. The van der Waals surface area contributed by atoms with E-state index in [0.717, 1.165) is 5.56 Å². The molecule has 8 nitrogen and oxygen atoms in total. The number of ether oxygens (including phenoxy) is 4. The molecule has 23 heavy (non-hydrogen) atoms. The topological polar surface area (TPSA) is 100 Å². The van der Waals surface area contributed by atoms with Crippen molar-refractivity contribution in [2.75, 3.05) is 13.7 Å². The lowest BCUT2D eigenvalue weighted by atomic mass is 9.82. The predicted octanol–water partition coefficient (Wildman–Crippen LogP) is 0.868. The van der Waals surface area contributed by atoms with Crippen LogP contribution in [0.4, 0.5) is 0 Å². The third kappa shape index (κ3) is 2.62. The van der Waals surface area contributed by atoms with Gasteiger partial charge in [-0.2, -0.15) is 0 Å². The smallest absolute Gasteiger partial charge is 0.278 e. The molecule has 0 radical (unpaired) electrons. The van der Waals surface area contributed by atoms with Crippen molar-refractivity contribution in [1.82, 2.24) is 0 Å². The van der Waals surface area contributed by atoms with Crippen LogP contribution in [0.5, 0.6) is 0 Å². The van der Waals surface area contributed by atoms with Gasteiger partial charge in [0.15, 0.2) is 24.8 Å². The summed E-state index contributed by atoms with van der Waals surface area (Å²) >= 11 is 0. The second-order valence-corrected chi connectivity index (χ2v) is 5.84. The SMILES string of the molecule is CO[C@H]1O[C@@H]2CO[C@@H](c3ccccc3)O[C@H]2[C@](C)([N+](=O)[O-])[C@H]1O. The lowest BCUT2D eigenvalue weighted by molar-refractivity contribution is -0.616. The highest BCUT2D eigenvalue weighted by atomic mass is 16.8. The molecule has 2 aliphatic rings. The monoisotopic (exact) mass is 325 g/mol. The normalized spacial score (nSPS) is 40.4. The summed E-state index contributed by atoms with van der Waals surface area (Å²) in [5.41, 5.74) is -1.01. The van der Waals surface area contributed by atoms with E-state index in [9.17, 15) is 15.2 Å². The summed E-state index contributed by atoms with van der Waals surface area (Å²) in [4.78, 5) is 11.1. The van der Waals surface area contributed by atoms with Crippen LogP contribution in [0.2, 0.25) is 0 Å². The number of nitro groups is 1. The van der Waals surface area contributed by atoms with Crippen molar-refractivity contribution in [2.45, 2.75) is 43.4 Å². The quantitative estimate of drug-likeness (QED) is 0.650. The first-order valence-corrected chi connectivity index (χ1v) is 7.31. The number of nitrogens with zero attached hydrogens (tertiary/aromatic N) is 1. The summed E-state index contributed by atoms with van der Waals surface area (Å²) < 4.78 is 22.0. The Balaban J connectivity index is 1.90. The van der Waals surface area contributed by atoms with E-state index in [1.807, 2.05) is 30.3 Å². The van der Waals surface area contributed by atoms with Crippen LogP contribution >= 0.6 is 0 Å². The number of aliphatic hydroxyl groups excluding tert-OH is 1. The fourth-order valence-electron chi connectivity index (χ4n) is 3.03. The highest BCUT2D eigenvalue weighted by molar-refractivity contribution is 5.17. The Morgan fingerprint density at radius 2 is 2.04 bits per heavy atom. The van der Waals surface area contributed by atoms with Gasteiger partial charge in [-0.1, -0.05) is 30.3 Å². The number of fused-ring (bicyclic) bond motifs is 1. The van der Waals surface area contributed by atoms with Gasteiger partial charge < -0.3 is 24.1 Å². The number of methoxy groups -OCH3 is 1. The molecule has 0 unspecified atom stereocenters. The molecule has 8 heteroatoms. The zero-order valence-corrected chi connectivity index (χ0v) is 12.8. The average molecular weight is 325 g/mol. The lowest BCUT2D eigenvalue weighted by Crippen LogP contribution is -2.71. The van der Waals surface area contributed by atoms with Crippen molar-refractivity contribution in [3.8, 4) is 0 Å². The van der Waals surface area contributed by atoms with Gasteiger partial charge in [0.1, 0.15) is 6.10 Å². The van der Waals surface area contributed by atoms with Gasteiger partial charge in [0.2, 0.25) is 0 Å². The average Bonchev–Trinajstić information content (AvgIpc) is 2.58. The number of aliphatic hydroxyl groups is 1. The van der Waals surface area contributed by atoms with Gasteiger partial charge in [-0.05, 0) is 0 Å². The van der Waals surface area contributed by atoms with E-state index in [1.165, 1.54) is 14.0 Å². The first kappa shape index (κ1) is 16.3. The summed E-state index contributed by atoms with van der Waals surface area (Å²) in [7, 11) is 1.33. The third-order valence-corrected chi connectivity index (χ3v) is 4.46. The maximum Gasteiger partial charge on any atom is 0.278 e. The molecule has 0 bridgehead atoms. The fourth-order valence-corrected chi connectivity index (χ4v) is 3.03. The highest BCUT2D eigenvalue weighted by Crippen LogP contribution is 2.40. The van der Waals surface area contributed by atoms with E-state index in [0.29, 0.717) is 0 Å². The summed E-state index contributed by atoms with van der Waals surface area (Å²) in [6, 6.07) is 9.13. The molecule has 126 valence electrons. The maximum atomic E-state index is 11.7. The van der Waals surface area contributed by atoms with Crippen molar-refractivity contribution < 1.29 is 29.0 Å². The number of rotatable bonds is 3. The minimum absolute atomic E-state index is 0.111. The molecule has 0 spiro atoms. The van der Waals surface area contributed by atoms with Gasteiger partial charge in [0.05, 0.1) is 6.61 Å². The molecule has 2 fully saturated rings. The van der Waals surface area contributed by atoms with Crippen LogP contribution in [0.25, 0.3) is 0 Å². The van der Waals surface area contributed by atoms with Gasteiger partial charge in [0, 0.05) is 24.5 Å². The molecular formula is C15H19NO7. The summed E-state index contributed by atoms with van der Waals surface area (Å²) in [5, 5.41) is 22.0. The second-order valence-electron chi connectivity index (χ2n) is 5.84. The Morgan fingerprint density at radius 1 is 1.35 bits per heavy atom. The number of hydrogen-bond donors (Lipinski definition) is 1. The van der Waals surface area contributed by atoms with Gasteiger partial charge in [0.25, 0.3) is 5.54 Å². The third-order valence-electron chi connectivity index (χ3n) is 4.46. The Kier molecular flexibility index (Phi) is 4.35. The van der Waals surface area contributed by atoms with Crippen LogP contribution in [-0.4, -0.2) is 53.9 Å². The molecular weight excluding hydrogens is 306 g/mol. The van der Waals surface area contributed by atoms with Crippen molar-refractivity contribution in [1.29, 1.82) is 0 Å². The molecule has 2 saturated heterocycles. The molecule has 1 N–H and O–H groups in total. The Labute approximate surface area is 133 Å². The molecule has 3 rings (SSSR count). The lowest BCUT2D eigenvalue weighted by Gasteiger charge is -2.48. The molecule has 0 aliphatic carbocycles. The van der Waals surface area contributed by atoms with Crippen LogP contribution < -0.4 is 0 Å². The van der Waals surface area contributed by atoms with Gasteiger partial charge in [-0.15, -0.1) is 0 Å². The Bertz CT molecular complexity index is 568. The van der Waals surface area contributed by atoms with Crippen LogP contribution in [-0.2, 0) is 18.9 Å². The summed E-state index contributed by atoms with van der Waals surface area (Å²) in [5.74, 6) is 0. The van der Waals surface area contributed by atoms with Crippen molar-refractivity contribution >= 4 is 0 Å². The fraction of sp³-hybridized carbons (Fsp3) is 0.600. The minimum atomic E-state index is -1.76. The highest BCUT2D eigenvalue weighted by Gasteiger charge is 2.65. The van der Waals surface area contributed by atoms with E-state index >= 15 is 0 Å². The Hall–Kier alpha value is -1.58. The summed E-state index contributed by atoms with van der Waals surface area (Å²) in [6.07, 6.45) is -4.96. The van der Waals surface area contributed by atoms with Crippen LogP contribution in [0, 0.1) is 10.1 Å². The van der Waals surface area contributed by atoms with Gasteiger partial charge in [-0.25, -0.2) is 0 Å². The van der Waals surface area contributed by atoms with Crippen molar-refractivity contribution in [3.63, 3.8) is 0 Å². The van der Waals surface area contributed by atoms with Crippen molar-refractivity contribution in [3.05, 3.63) is 46.0 Å². The largest absolute Gasteiger partial charge is 0.381 e. The molecule has 0 amide bonds. The van der Waals surface area contributed by atoms with Gasteiger partial charge >= 0.3 is 0 Å². The zero-order chi connectivity index (χ0) is 16.6. The molecule has 1 aromatic rings. The Morgan fingerprint density at radius 3 is 2.65 bits per heavy atom. The predicted molar refractivity (Wildman–Crippen MR) is 77.1 cm³/mol. The van der Waals surface area contributed by atoms with Crippen LogP contribution in [0.3, 0.4) is 0 Å². The summed E-state index contributed by atoms with van der Waals surface area (Å²) in [6.45, 7) is 1.46. The van der Waals surface area contributed by atoms with E-state index in [4.69, 9.17) is 18.9 Å². The molecule has 6 atom stereocenters. The first-order chi connectivity index (χ1) is 11.0. The van der Waals surface area contributed by atoms with Crippen LogP contribution in [0.15, 0.2) is 30.3 Å². The van der Waals surface area contributed by atoms with E-state index in [2.05, 4.69) is 0 Å². The minimum Gasteiger partial charge on any atom is -0.381 e. The number of benzene rings is 1. The van der Waals surface area contributed by atoms with E-state index < -0.39 is 41.4 Å². The zero-order valence-electron chi connectivity index (χ0n) is 12.8. The van der Waals surface area contributed by atoms with Crippen molar-refractivity contribution in [2.24, 2.45) is 0 Å². The molecule has 1 aromatic carbocycles. The molecule has 2 heterocycles.